The molecular formula is C17H24FN. The van der Waals surface area contributed by atoms with Gasteiger partial charge >= 0.3 is 0 Å². The molecule has 2 aliphatic rings. The van der Waals surface area contributed by atoms with Crippen molar-refractivity contribution in [1.82, 2.24) is 5.32 Å². The molecule has 0 aromatic heterocycles. The summed E-state index contributed by atoms with van der Waals surface area (Å²) in [6.45, 7) is 0. The van der Waals surface area contributed by atoms with Gasteiger partial charge in [0.2, 0.25) is 0 Å². The molecule has 3 rings (SSSR count). The highest BCUT2D eigenvalue weighted by Gasteiger charge is 2.39. The lowest BCUT2D eigenvalue weighted by molar-refractivity contribution is 0.281. The average Bonchev–Trinajstić information content (AvgIpc) is 3.03. The van der Waals surface area contributed by atoms with Crippen molar-refractivity contribution in [1.29, 1.82) is 0 Å². The molecule has 0 radical (unpaired) electrons. The fraction of sp³-hybridized carbons (Fsp3) is 0.647. The largest absolute Gasteiger partial charge is 0.317 e. The smallest absolute Gasteiger partial charge is 0.123 e. The molecule has 2 aliphatic carbocycles. The van der Waals surface area contributed by atoms with Crippen molar-refractivity contribution in [3.05, 3.63) is 35.6 Å². The van der Waals surface area contributed by atoms with Gasteiger partial charge in [0.15, 0.2) is 0 Å². The average molecular weight is 261 g/mol. The first-order valence-electron chi connectivity index (χ1n) is 7.66. The molecule has 19 heavy (non-hydrogen) atoms. The van der Waals surface area contributed by atoms with Gasteiger partial charge in [0.1, 0.15) is 5.82 Å². The predicted octanol–water partition coefficient (Wildman–Crippen LogP) is 3.78. The van der Waals surface area contributed by atoms with Crippen LogP contribution in [0.1, 0.15) is 37.7 Å². The second-order valence-electron chi connectivity index (χ2n) is 6.49. The Labute approximate surface area is 115 Å². The van der Waals surface area contributed by atoms with Crippen LogP contribution in [0.25, 0.3) is 0 Å². The fourth-order valence-electron chi connectivity index (χ4n) is 4.24. The van der Waals surface area contributed by atoms with Gasteiger partial charge in [-0.05, 0) is 74.6 Å². The zero-order valence-corrected chi connectivity index (χ0v) is 11.7. The van der Waals surface area contributed by atoms with Gasteiger partial charge in [0.05, 0.1) is 0 Å². The molecule has 0 spiro atoms. The molecule has 0 saturated heterocycles. The summed E-state index contributed by atoms with van der Waals surface area (Å²) >= 11 is 0. The second-order valence-corrected chi connectivity index (χ2v) is 6.49. The lowest BCUT2D eigenvalue weighted by Crippen LogP contribution is -2.31. The third kappa shape index (κ3) is 3.00. The SMILES string of the molecule is CNC(Cc1ccc(F)cc1)CC1CC2CCC1C2. The van der Waals surface area contributed by atoms with Crippen LogP contribution in [0.5, 0.6) is 0 Å². The van der Waals surface area contributed by atoms with Gasteiger partial charge < -0.3 is 5.32 Å². The summed E-state index contributed by atoms with van der Waals surface area (Å²) in [5, 5.41) is 3.46. The van der Waals surface area contributed by atoms with E-state index < -0.39 is 0 Å². The van der Waals surface area contributed by atoms with E-state index in [4.69, 9.17) is 0 Å². The van der Waals surface area contributed by atoms with Crippen molar-refractivity contribution in [2.75, 3.05) is 7.05 Å². The maximum absolute atomic E-state index is 12.9. The number of halogens is 1. The van der Waals surface area contributed by atoms with E-state index in [2.05, 4.69) is 12.4 Å². The second kappa shape index (κ2) is 5.62. The van der Waals surface area contributed by atoms with Crippen molar-refractivity contribution in [2.24, 2.45) is 17.8 Å². The first-order chi connectivity index (χ1) is 9.24. The molecule has 104 valence electrons. The molecular weight excluding hydrogens is 237 g/mol. The Morgan fingerprint density at radius 3 is 2.58 bits per heavy atom. The lowest BCUT2D eigenvalue weighted by Gasteiger charge is -2.26. The van der Waals surface area contributed by atoms with E-state index in [0.717, 1.165) is 24.2 Å². The predicted molar refractivity (Wildman–Crippen MR) is 76.5 cm³/mol. The van der Waals surface area contributed by atoms with Crippen molar-refractivity contribution >= 4 is 0 Å². The van der Waals surface area contributed by atoms with E-state index in [-0.39, 0.29) is 5.82 Å². The number of nitrogens with one attached hydrogen (secondary N) is 1. The van der Waals surface area contributed by atoms with Crippen LogP contribution in [0, 0.1) is 23.6 Å². The monoisotopic (exact) mass is 261 g/mol. The molecule has 1 N–H and O–H groups in total. The lowest BCUT2D eigenvalue weighted by atomic mass is 9.83. The van der Waals surface area contributed by atoms with Gasteiger partial charge in [-0.2, -0.15) is 0 Å². The Morgan fingerprint density at radius 2 is 2.00 bits per heavy atom. The third-order valence-corrected chi connectivity index (χ3v) is 5.28. The van der Waals surface area contributed by atoms with Crippen LogP contribution in [0.2, 0.25) is 0 Å². The molecule has 1 aromatic carbocycles. The maximum Gasteiger partial charge on any atom is 0.123 e. The van der Waals surface area contributed by atoms with Crippen LogP contribution in [-0.2, 0) is 6.42 Å². The minimum atomic E-state index is -0.141. The number of hydrogen-bond acceptors (Lipinski definition) is 1. The minimum absolute atomic E-state index is 0.141. The topological polar surface area (TPSA) is 12.0 Å². The van der Waals surface area contributed by atoms with Crippen LogP contribution in [0.15, 0.2) is 24.3 Å². The summed E-state index contributed by atoms with van der Waals surface area (Å²) in [6.07, 6.45) is 8.18. The van der Waals surface area contributed by atoms with Gasteiger partial charge in [-0.15, -0.1) is 0 Å². The molecule has 4 atom stereocenters. The minimum Gasteiger partial charge on any atom is -0.317 e. The van der Waals surface area contributed by atoms with Gasteiger partial charge in [-0.3, -0.25) is 0 Å². The van der Waals surface area contributed by atoms with Crippen LogP contribution in [0.4, 0.5) is 4.39 Å². The number of likely N-dealkylation sites (N-methyl/N-ethyl adjacent to an activating group) is 1. The summed E-state index contributed by atoms with van der Waals surface area (Å²) < 4.78 is 12.9. The zero-order valence-electron chi connectivity index (χ0n) is 11.7. The molecule has 2 bridgehead atoms. The summed E-state index contributed by atoms with van der Waals surface area (Å²) in [5.41, 5.74) is 1.24. The molecule has 0 aliphatic heterocycles. The van der Waals surface area contributed by atoms with Gasteiger partial charge in [0.25, 0.3) is 0 Å². The van der Waals surface area contributed by atoms with E-state index in [1.807, 2.05) is 12.1 Å². The Bertz CT molecular complexity index is 414. The van der Waals surface area contributed by atoms with E-state index in [9.17, 15) is 4.39 Å². The molecule has 1 aromatic rings. The Morgan fingerprint density at radius 1 is 1.21 bits per heavy atom. The van der Waals surface area contributed by atoms with Crippen molar-refractivity contribution in [2.45, 2.75) is 44.6 Å². The van der Waals surface area contributed by atoms with Gasteiger partial charge in [0, 0.05) is 6.04 Å². The van der Waals surface area contributed by atoms with Crippen LogP contribution < -0.4 is 5.32 Å². The molecule has 1 nitrogen and oxygen atoms in total. The zero-order chi connectivity index (χ0) is 13.2. The summed E-state index contributed by atoms with van der Waals surface area (Å²) in [5.74, 6) is 2.81. The normalized spacial score (nSPS) is 30.7. The van der Waals surface area contributed by atoms with Crippen LogP contribution in [-0.4, -0.2) is 13.1 Å². The van der Waals surface area contributed by atoms with Gasteiger partial charge in [-0.1, -0.05) is 18.6 Å². The third-order valence-electron chi connectivity index (χ3n) is 5.28. The molecule has 4 unspecified atom stereocenters. The fourth-order valence-corrected chi connectivity index (χ4v) is 4.24. The summed E-state index contributed by atoms with van der Waals surface area (Å²) in [6, 6.07) is 7.51. The quantitative estimate of drug-likeness (QED) is 0.850. The van der Waals surface area contributed by atoms with E-state index in [1.54, 1.807) is 12.1 Å². The first kappa shape index (κ1) is 13.1. The highest BCUT2D eigenvalue weighted by molar-refractivity contribution is 5.17. The molecule has 0 amide bonds. The van der Waals surface area contributed by atoms with Crippen LogP contribution >= 0.6 is 0 Å². The Balaban J connectivity index is 1.57. The first-order valence-corrected chi connectivity index (χ1v) is 7.66. The highest BCUT2D eigenvalue weighted by atomic mass is 19.1. The van der Waals surface area contributed by atoms with Crippen LogP contribution in [0.3, 0.4) is 0 Å². The Kier molecular flexibility index (Phi) is 3.88. The number of rotatable bonds is 5. The highest BCUT2D eigenvalue weighted by Crippen LogP contribution is 2.49. The molecule has 2 heteroatoms. The van der Waals surface area contributed by atoms with E-state index in [1.165, 1.54) is 37.7 Å². The van der Waals surface area contributed by atoms with E-state index in [0.29, 0.717) is 6.04 Å². The molecule has 0 heterocycles. The summed E-state index contributed by atoms with van der Waals surface area (Å²) in [7, 11) is 2.06. The number of hydrogen-bond donors (Lipinski definition) is 1. The van der Waals surface area contributed by atoms with Crippen molar-refractivity contribution in [3.8, 4) is 0 Å². The number of fused-ring (bicyclic) bond motifs is 2. The van der Waals surface area contributed by atoms with Gasteiger partial charge in [-0.25, -0.2) is 4.39 Å². The van der Waals surface area contributed by atoms with E-state index >= 15 is 0 Å². The summed E-state index contributed by atoms with van der Waals surface area (Å²) in [4.78, 5) is 0. The Hall–Kier alpha value is -0.890. The van der Waals surface area contributed by atoms with Crippen molar-refractivity contribution < 1.29 is 4.39 Å². The maximum atomic E-state index is 12.9. The number of benzene rings is 1. The molecule has 2 saturated carbocycles. The van der Waals surface area contributed by atoms with Crippen molar-refractivity contribution in [3.63, 3.8) is 0 Å². The standard InChI is InChI=1S/C17H24FN/c1-19-17(10-12-3-6-16(18)7-4-12)11-15-9-13-2-5-14(15)8-13/h3-4,6-7,13-15,17,19H,2,5,8-11H2,1H3. The molecule has 2 fully saturated rings.